The van der Waals surface area contributed by atoms with E-state index in [-0.39, 0.29) is 23.3 Å². The zero-order chi connectivity index (χ0) is 23.3. The third-order valence-electron chi connectivity index (χ3n) is 8.82. The Bertz CT molecular complexity index is 1090. The number of fused-ring (bicyclic) bond motifs is 5. The maximum atomic E-state index is 13.4. The highest BCUT2D eigenvalue weighted by atomic mass is 16.5. The van der Waals surface area contributed by atoms with Gasteiger partial charge in [-0.05, 0) is 86.5 Å². The second-order valence-electron chi connectivity index (χ2n) is 10.6. The summed E-state index contributed by atoms with van der Waals surface area (Å²) in [5, 5.41) is 0. The zero-order valence-electron chi connectivity index (χ0n) is 20.1. The predicted octanol–water partition coefficient (Wildman–Crippen LogP) is 6.02. The highest BCUT2D eigenvalue weighted by Crippen LogP contribution is 2.61. The fourth-order valence-corrected chi connectivity index (χ4v) is 7.15. The Kier molecular flexibility index (Phi) is 5.58. The average Bonchev–Trinajstić information content (AvgIpc) is 3.13. The third kappa shape index (κ3) is 3.68. The van der Waals surface area contributed by atoms with Crippen molar-refractivity contribution in [1.29, 1.82) is 0 Å². The van der Waals surface area contributed by atoms with Gasteiger partial charge in [0.05, 0.1) is 12.7 Å². The summed E-state index contributed by atoms with van der Waals surface area (Å²) in [5.74, 6) is 2.13. The van der Waals surface area contributed by atoms with Crippen LogP contribution >= 0.6 is 0 Å². The van der Waals surface area contributed by atoms with Crippen molar-refractivity contribution < 1.29 is 19.1 Å². The van der Waals surface area contributed by atoms with Crippen molar-refractivity contribution in [1.82, 2.24) is 0 Å². The van der Waals surface area contributed by atoms with Gasteiger partial charge < -0.3 is 9.47 Å². The van der Waals surface area contributed by atoms with Gasteiger partial charge in [0.15, 0.2) is 5.78 Å². The first-order valence-electron chi connectivity index (χ1n) is 12.3. The molecule has 33 heavy (non-hydrogen) atoms. The molecule has 2 aromatic carbocycles. The van der Waals surface area contributed by atoms with E-state index in [9.17, 15) is 9.59 Å². The van der Waals surface area contributed by atoms with Gasteiger partial charge in [0.25, 0.3) is 0 Å². The quantitative estimate of drug-likeness (QED) is 0.425. The van der Waals surface area contributed by atoms with Gasteiger partial charge in [0.1, 0.15) is 11.9 Å². The van der Waals surface area contributed by atoms with Gasteiger partial charge in [0, 0.05) is 17.9 Å². The van der Waals surface area contributed by atoms with Gasteiger partial charge in [-0.2, -0.15) is 0 Å². The number of hydrogen-bond donors (Lipinski definition) is 0. The summed E-state index contributed by atoms with van der Waals surface area (Å²) in [5.41, 5.74) is 5.23. The van der Waals surface area contributed by atoms with Crippen LogP contribution in [0.25, 0.3) is 0 Å². The van der Waals surface area contributed by atoms with Crippen LogP contribution in [0.5, 0.6) is 5.75 Å². The second-order valence-corrected chi connectivity index (χ2v) is 10.6. The summed E-state index contributed by atoms with van der Waals surface area (Å²) in [6.07, 6.45) is 6.43. The normalized spacial score (nSPS) is 30.1. The van der Waals surface area contributed by atoms with Crippen LogP contribution in [0.1, 0.15) is 84.5 Å². The first-order valence-corrected chi connectivity index (χ1v) is 12.3. The van der Waals surface area contributed by atoms with Crippen LogP contribution in [0.15, 0.2) is 36.4 Å². The van der Waals surface area contributed by atoms with Crippen molar-refractivity contribution in [2.75, 3.05) is 7.11 Å². The molecule has 0 bridgehead atoms. The molecule has 0 heterocycles. The number of carbonyl (C=O) groups excluding carboxylic acids is 2. The molecule has 3 aliphatic rings. The molecule has 2 saturated carbocycles. The van der Waals surface area contributed by atoms with E-state index in [1.54, 1.807) is 7.11 Å². The second kappa shape index (κ2) is 8.30. The monoisotopic (exact) mass is 446 g/mol. The molecule has 174 valence electrons. The smallest absolute Gasteiger partial charge is 0.302 e. The van der Waals surface area contributed by atoms with Gasteiger partial charge in [-0.15, -0.1) is 0 Å². The Balaban J connectivity index is 1.49. The number of methoxy groups -OCH3 is 1. The van der Waals surface area contributed by atoms with E-state index >= 15 is 0 Å². The molecule has 0 aromatic heterocycles. The van der Waals surface area contributed by atoms with E-state index in [4.69, 9.17) is 9.47 Å². The third-order valence-corrected chi connectivity index (χ3v) is 8.82. The average molecular weight is 447 g/mol. The van der Waals surface area contributed by atoms with Gasteiger partial charge in [-0.1, -0.05) is 36.8 Å². The molecule has 2 fully saturated rings. The minimum Gasteiger partial charge on any atom is -0.496 e. The van der Waals surface area contributed by atoms with E-state index in [0.717, 1.165) is 44.1 Å². The number of aryl methyl sites for hydroxylation is 2. The fraction of sp³-hybridized carbons (Fsp3) is 0.517. The summed E-state index contributed by atoms with van der Waals surface area (Å²) >= 11 is 0. The molecule has 0 amide bonds. The molecule has 5 rings (SSSR count). The van der Waals surface area contributed by atoms with Gasteiger partial charge in [0.2, 0.25) is 0 Å². The summed E-state index contributed by atoms with van der Waals surface area (Å²) in [6.45, 7) is 5.89. The molecule has 0 unspecified atom stereocenters. The number of hydrogen-bond acceptors (Lipinski definition) is 4. The number of ketones is 1. The number of esters is 1. The molecular weight excluding hydrogens is 412 g/mol. The van der Waals surface area contributed by atoms with Crippen LogP contribution in [-0.4, -0.2) is 25.0 Å². The van der Waals surface area contributed by atoms with Crippen molar-refractivity contribution in [3.05, 3.63) is 64.2 Å². The molecule has 5 atom stereocenters. The Labute approximate surface area is 196 Å². The van der Waals surface area contributed by atoms with E-state index in [1.807, 2.05) is 31.2 Å². The lowest BCUT2D eigenvalue weighted by atomic mass is 9.55. The van der Waals surface area contributed by atoms with Crippen LogP contribution in [0.3, 0.4) is 0 Å². The first-order chi connectivity index (χ1) is 15.8. The Morgan fingerprint density at radius 1 is 1.03 bits per heavy atom. The van der Waals surface area contributed by atoms with Crippen molar-refractivity contribution >= 4 is 11.8 Å². The minimum absolute atomic E-state index is 0.0215. The van der Waals surface area contributed by atoms with Crippen LogP contribution in [0.2, 0.25) is 0 Å². The maximum Gasteiger partial charge on any atom is 0.302 e. The fourth-order valence-electron chi connectivity index (χ4n) is 7.15. The standard InChI is InChI=1S/C29H34O4/c1-17-5-7-19(8-6-17)28(31)24-16-23-20(15-26(24)32-4)9-10-22-21(23)13-14-29(3)25(22)11-12-27(29)33-18(2)30/h5-8,15-16,21-22,25,27H,9-14H2,1-4H3/t21-,22+,25-,27-,29-/m0/s1. The van der Waals surface area contributed by atoms with Crippen LogP contribution in [0, 0.1) is 24.2 Å². The number of rotatable bonds is 4. The van der Waals surface area contributed by atoms with E-state index in [0.29, 0.717) is 34.6 Å². The van der Waals surface area contributed by atoms with Crippen molar-refractivity contribution in [2.24, 2.45) is 17.3 Å². The lowest BCUT2D eigenvalue weighted by Gasteiger charge is -2.50. The van der Waals surface area contributed by atoms with Gasteiger partial charge in [-0.3, -0.25) is 9.59 Å². The Morgan fingerprint density at radius 2 is 1.79 bits per heavy atom. The zero-order valence-corrected chi connectivity index (χ0v) is 20.1. The summed E-state index contributed by atoms with van der Waals surface area (Å²) < 4.78 is 11.5. The Morgan fingerprint density at radius 3 is 2.48 bits per heavy atom. The lowest BCUT2D eigenvalue weighted by molar-refractivity contribution is -0.154. The molecule has 0 aliphatic heterocycles. The summed E-state index contributed by atoms with van der Waals surface area (Å²) in [4.78, 5) is 25.1. The molecule has 0 saturated heterocycles. The van der Waals surface area contributed by atoms with Gasteiger partial charge in [-0.25, -0.2) is 0 Å². The SMILES string of the molecule is COc1cc2c(cc1C(=O)c1ccc(C)cc1)[C@H]1CC[C@]3(C)[C@@H](OC(C)=O)CC[C@H]3[C@@H]1CC2. The predicted molar refractivity (Wildman–Crippen MR) is 128 cm³/mol. The largest absolute Gasteiger partial charge is 0.496 e. The molecule has 0 spiro atoms. The van der Waals surface area contributed by atoms with E-state index in [2.05, 4.69) is 19.1 Å². The van der Waals surface area contributed by atoms with Crippen LogP contribution in [-0.2, 0) is 16.0 Å². The highest BCUT2D eigenvalue weighted by molar-refractivity contribution is 6.11. The summed E-state index contributed by atoms with van der Waals surface area (Å²) in [6, 6.07) is 12.0. The summed E-state index contributed by atoms with van der Waals surface area (Å²) in [7, 11) is 1.65. The number of benzene rings is 2. The van der Waals surface area contributed by atoms with Crippen LogP contribution in [0.4, 0.5) is 0 Å². The highest BCUT2D eigenvalue weighted by Gasteiger charge is 2.56. The van der Waals surface area contributed by atoms with Crippen molar-refractivity contribution in [3.63, 3.8) is 0 Å². The van der Waals surface area contributed by atoms with E-state index < -0.39 is 0 Å². The number of carbonyl (C=O) groups is 2. The molecule has 2 aromatic rings. The molecule has 0 radical (unpaired) electrons. The lowest BCUT2D eigenvalue weighted by Crippen LogP contribution is -2.45. The maximum absolute atomic E-state index is 13.4. The molecule has 0 N–H and O–H groups in total. The molecule has 4 nitrogen and oxygen atoms in total. The Hall–Kier alpha value is -2.62. The minimum atomic E-state index is -0.163. The molecular formula is C29H34O4. The van der Waals surface area contributed by atoms with Crippen molar-refractivity contribution in [3.8, 4) is 5.75 Å². The molecule has 4 heteroatoms. The van der Waals surface area contributed by atoms with E-state index in [1.165, 1.54) is 18.1 Å². The number of ether oxygens (including phenoxy) is 2. The van der Waals surface area contributed by atoms with Gasteiger partial charge >= 0.3 is 5.97 Å². The van der Waals surface area contributed by atoms with Crippen molar-refractivity contribution in [2.45, 2.75) is 71.3 Å². The topological polar surface area (TPSA) is 52.6 Å². The first kappa shape index (κ1) is 22.2. The molecule has 3 aliphatic carbocycles. The van der Waals surface area contributed by atoms with Crippen LogP contribution < -0.4 is 4.74 Å².